The molecule has 5 nitrogen and oxygen atoms in total. The van der Waals surface area contributed by atoms with Crippen molar-refractivity contribution in [2.45, 2.75) is 6.04 Å². The second-order valence-electron chi connectivity index (χ2n) is 6.66. The van der Waals surface area contributed by atoms with Crippen LogP contribution in [0, 0.1) is 5.82 Å². The van der Waals surface area contributed by atoms with Gasteiger partial charge < -0.3 is 5.11 Å². The number of rotatable bonds is 5. The Balaban J connectivity index is 1.81. The van der Waals surface area contributed by atoms with Crippen LogP contribution >= 0.6 is 0 Å². The number of anilines is 1. The van der Waals surface area contributed by atoms with E-state index in [4.69, 9.17) is 0 Å². The van der Waals surface area contributed by atoms with Crippen molar-refractivity contribution in [2.75, 3.05) is 4.90 Å². The van der Waals surface area contributed by atoms with E-state index < -0.39 is 29.3 Å². The molecule has 0 bridgehead atoms. The quantitative estimate of drug-likeness (QED) is 0.645. The minimum Gasteiger partial charge on any atom is -0.503 e. The van der Waals surface area contributed by atoms with E-state index in [-0.39, 0.29) is 17.0 Å². The van der Waals surface area contributed by atoms with Crippen molar-refractivity contribution in [3.05, 3.63) is 113 Å². The molecule has 0 aliphatic carbocycles. The summed E-state index contributed by atoms with van der Waals surface area (Å²) in [4.78, 5) is 31.2. The first-order valence-electron chi connectivity index (χ1n) is 9.27. The number of hydrogen-bond acceptors (Lipinski definition) is 4. The highest BCUT2D eigenvalue weighted by molar-refractivity contribution is 6.19. The second-order valence-corrected chi connectivity index (χ2v) is 6.66. The number of pyridine rings is 1. The molecule has 4 rings (SSSR count). The molecule has 2 heterocycles. The van der Waals surface area contributed by atoms with Crippen LogP contribution in [0.3, 0.4) is 0 Å². The molecule has 2 aromatic carbocycles. The van der Waals surface area contributed by atoms with Gasteiger partial charge in [-0.1, -0.05) is 60.7 Å². The van der Waals surface area contributed by atoms with Gasteiger partial charge in [-0.3, -0.25) is 14.5 Å². The van der Waals surface area contributed by atoms with Crippen LogP contribution in [0.1, 0.15) is 17.2 Å². The van der Waals surface area contributed by atoms with Crippen LogP contribution in [-0.4, -0.2) is 21.8 Å². The number of aliphatic hydroxyl groups is 1. The highest BCUT2D eigenvalue weighted by Gasteiger charge is 2.45. The fourth-order valence-corrected chi connectivity index (χ4v) is 3.41. The summed E-state index contributed by atoms with van der Waals surface area (Å²) in [7, 11) is 0. The third-order valence-electron chi connectivity index (χ3n) is 4.80. The molecule has 0 radical (unpaired) electrons. The standard InChI is InChI=1S/C24H17FN2O3/c25-18-11-5-4-10-17(18)22-21(19(28)14-13-16-8-2-1-3-9-16)23(29)24(30)27(22)20-12-6-7-15-26-20/h1-15,22,29H/b14-13+/t22-/m1/s1. The minimum atomic E-state index is -1.14. The zero-order valence-corrected chi connectivity index (χ0v) is 15.8. The summed E-state index contributed by atoms with van der Waals surface area (Å²) in [6.07, 6.45) is 4.33. The number of hydrogen-bond donors (Lipinski definition) is 1. The molecule has 1 N–H and O–H groups in total. The van der Waals surface area contributed by atoms with Crippen LogP contribution in [-0.2, 0) is 9.59 Å². The number of nitrogens with zero attached hydrogens (tertiary/aromatic N) is 2. The van der Waals surface area contributed by atoms with E-state index in [2.05, 4.69) is 4.98 Å². The first-order chi connectivity index (χ1) is 14.6. The number of carbonyl (C=O) groups is 2. The Morgan fingerprint density at radius 1 is 1.00 bits per heavy atom. The SMILES string of the molecule is O=C(/C=C/c1ccccc1)C1=C(O)C(=O)N(c2ccccn2)[C@@H]1c1ccccc1F. The smallest absolute Gasteiger partial charge is 0.295 e. The maximum Gasteiger partial charge on any atom is 0.295 e. The Kier molecular flexibility index (Phi) is 5.22. The van der Waals surface area contributed by atoms with Crippen LogP contribution in [0.4, 0.5) is 10.2 Å². The number of halogens is 1. The molecule has 0 spiro atoms. The highest BCUT2D eigenvalue weighted by Crippen LogP contribution is 2.41. The third-order valence-corrected chi connectivity index (χ3v) is 4.80. The number of benzene rings is 2. The van der Waals surface area contributed by atoms with Crippen molar-refractivity contribution < 1.29 is 19.1 Å². The largest absolute Gasteiger partial charge is 0.503 e. The van der Waals surface area contributed by atoms with Gasteiger partial charge in [-0.25, -0.2) is 9.37 Å². The van der Waals surface area contributed by atoms with Gasteiger partial charge in [0.1, 0.15) is 11.6 Å². The predicted molar refractivity (Wildman–Crippen MR) is 111 cm³/mol. The van der Waals surface area contributed by atoms with Crippen molar-refractivity contribution in [1.82, 2.24) is 4.98 Å². The zero-order valence-electron chi connectivity index (χ0n) is 15.8. The average molecular weight is 400 g/mol. The molecule has 1 aromatic heterocycles. The summed E-state index contributed by atoms with van der Waals surface area (Å²) in [6.45, 7) is 0. The Labute approximate surface area is 172 Å². The molecule has 3 aromatic rings. The van der Waals surface area contributed by atoms with E-state index in [1.54, 1.807) is 30.3 Å². The predicted octanol–water partition coefficient (Wildman–Crippen LogP) is 4.40. The van der Waals surface area contributed by atoms with Crippen LogP contribution in [0.15, 0.2) is 96.4 Å². The topological polar surface area (TPSA) is 70.5 Å². The van der Waals surface area contributed by atoms with E-state index in [0.717, 1.165) is 10.5 Å². The first-order valence-corrected chi connectivity index (χ1v) is 9.27. The van der Waals surface area contributed by atoms with Crippen molar-refractivity contribution >= 4 is 23.6 Å². The third kappa shape index (κ3) is 3.51. The molecule has 0 saturated carbocycles. The summed E-state index contributed by atoms with van der Waals surface area (Å²) in [5.74, 6) is -2.49. The van der Waals surface area contributed by atoms with Gasteiger partial charge in [-0.05, 0) is 29.8 Å². The summed E-state index contributed by atoms with van der Waals surface area (Å²) in [6, 6.07) is 18.7. The van der Waals surface area contributed by atoms with Gasteiger partial charge in [-0.2, -0.15) is 0 Å². The van der Waals surface area contributed by atoms with Crippen molar-refractivity contribution in [1.29, 1.82) is 0 Å². The zero-order chi connectivity index (χ0) is 21.1. The summed E-state index contributed by atoms with van der Waals surface area (Å²) >= 11 is 0. The molecule has 0 fully saturated rings. The van der Waals surface area contributed by atoms with E-state index in [0.29, 0.717) is 0 Å². The second kappa shape index (κ2) is 8.13. The molecule has 1 aliphatic rings. The molecule has 1 atom stereocenters. The van der Waals surface area contributed by atoms with E-state index in [1.807, 2.05) is 30.3 Å². The van der Waals surface area contributed by atoms with Crippen LogP contribution in [0.2, 0.25) is 0 Å². The van der Waals surface area contributed by atoms with Crippen LogP contribution < -0.4 is 4.90 Å². The van der Waals surface area contributed by atoms with E-state index in [9.17, 15) is 19.1 Å². The van der Waals surface area contributed by atoms with Gasteiger partial charge in [0, 0.05) is 11.8 Å². The van der Waals surface area contributed by atoms with Gasteiger partial charge in [0.2, 0.25) is 0 Å². The van der Waals surface area contributed by atoms with Crippen molar-refractivity contribution in [3.63, 3.8) is 0 Å². The average Bonchev–Trinajstić information content (AvgIpc) is 3.04. The van der Waals surface area contributed by atoms with Crippen LogP contribution in [0.5, 0.6) is 0 Å². The molecule has 0 saturated heterocycles. The Morgan fingerprint density at radius 2 is 1.70 bits per heavy atom. The van der Waals surface area contributed by atoms with Crippen molar-refractivity contribution in [3.8, 4) is 0 Å². The van der Waals surface area contributed by atoms with Gasteiger partial charge in [0.25, 0.3) is 5.91 Å². The molecular weight excluding hydrogens is 383 g/mol. The Bertz CT molecular complexity index is 1160. The van der Waals surface area contributed by atoms with E-state index in [1.165, 1.54) is 30.5 Å². The van der Waals surface area contributed by atoms with Gasteiger partial charge in [0.15, 0.2) is 11.5 Å². The number of aromatic nitrogens is 1. The molecule has 1 aliphatic heterocycles. The van der Waals surface area contributed by atoms with Crippen molar-refractivity contribution in [2.24, 2.45) is 0 Å². The summed E-state index contributed by atoms with van der Waals surface area (Å²) < 4.78 is 14.7. The molecule has 0 unspecified atom stereocenters. The lowest BCUT2D eigenvalue weighted by Gasteiger charge is -2.25. The highest BCUT2D eigenvalue weighted by atomic mass is 19.1. The lowest BCUT2D eigenvalue weighted by molar-refractivity contribution is -0.117. The number of allylic oxidation sites excluding steroid dienone is 1. The first kappa shape index (κ1) is 19.3. The maximum absolute atomic E-state index is 14.7. The maximum atomic E-state index is 14.7. The molecule has 30 heavy (non-hydrogen) atoms. The molecule has 1 amide bonds. The molecular formula is C24H17FN2O3. The Hall–Kier alpha value is -4.06. The van der Waals surface area contributed by atoms with E-state index >= 15 is 0 Å². The normalized spacial score (nSPS) is 16.5. The fraction of sp³-hybridized carbons (Fsp3) is 0.0417. The van der Waals surface area contributed by atoms with Gasteiger partial charge in [0.05, 0.1) is 11.6 Å². The van der Waals surface area contributed by atoms with Gasteiger partial charge >= 0.3 is 0 Å². The summed E-state index contributed by atoms with van der Waals surface area (Å²) in [5.41, 5.74) is 0.680. The fourth-order valence-electron chi connectivity index (χ4n) is 3.41. The molecule has 6 heteroatoms. The number of amides is 1. The number of carbonyl (C=O) groups excluding carboxylic acids is 2. The lowest BCUT2D eigenvalue weighted by Crippen LogP contribution is -2.32. The molecule has 148 valence electrons. The minimum absolute atomic E-state index is 0.0945. The van der Waals surface area contributed by atoms with Gasteiger partial charge in [-0.15, -0.1) is 0 Å². The Morgan fingerprint density at radius 3 is 2.40 bits per heavy atom. The monoisotopic (exact) mass is 400 g/mol. The number of aliphatic hydroxyl groups excluding tert-OH is 1. The number of ketones is 1. The lowest BCUT2D eigenvalue weighted by atomic mass is 9.95. The van der Waals surface area contributed by atoms with Crippen LogP contribution in [0.25, 0.3) is 6.08 Å². The summed E-state index contributed by atoms with van der Waals surface area (Å²) in [5, 5.41) is 10.6.